The summed E-state index contributed by atoms with van der Waals surface area (Å²) in [6.07, 6.45) is 5.66. The van der Waals surface area contributed by atoms with Crippen LogP contribution in [0.3, 0.4) is 0 Å². The number of likely N-dealkylation sites (tertiary alicyclic amines) is 2. The molecule has 8 nitrogen and oxygen atoms in total. The van der Waals surface area contributed by atoms with E-state index >= 15 is 0 Å². The minimum Gasteiger partial charge on any atom is -0.481 e. The highest BCUT2D eigenvalue weighted by Crippen LogP contribution is 2.30. The molecule has 6 rings (SSSR count). The minimum absolute atomic E-state index is 0. The average molecular weight is 744 g/mol. The number of hydrogen-bond donors (Lipinski definition) is 2. The van der Waals surface area contributed by atoms with Crippen LogP contribution in [-0.4, -0.2) is 72.5 Å². The van der Waals surface area contributed by atoms with Crippen molar-refractivity contribution in [1.29, 1.82) is 0 Å². The third-order valence-electron chi connectivity index (χ3n) is 9.23. The van der Waals surface area contributed by atoms with Crippen LogP contribution >= 0.6 is 0 Å². The molecular formula is C42H47BF3N2O6. The second-order valence-corrected chi connectivity index (χ2v) is 13.0. The molecule has 0 aliphatic carbocycles. The zero-order valence-electron chi connectivity index (χ0n) is 30.5. The van der Waals surface area contributed by atoms with E-state index in [-0.39, 0.29) is 43.9 Å². The zero-order chi connectivity index (χ0) is 38.2. The maximum absolute atomic E-state index is 14.4. The molecule has 2 saturated heterocycles. The van der Waals surface area contributed by atoms with Gasteiger partial charge in [0.2, 0.25) is 0 Å². The summed E-state index contributed by atoms with van der Waals surface area (Å²) in [6, 6.07) is 26.5. The van der Waals surface area contributed by atoms with Crippen molar-refractivity contribution >= 4 is 26.3 Å². The number of halogens is 3. The Labute approximate surface area is 317 Å². The van der Waals surface area contributed by atoms with Crippen molar-refractivity contribution in [2.75, 3.05) is 26.2 Å². The molecule has 0 bridgehead atoms. The maximum Gasteiger partial charge on any atom is 0.328 e. The second kappa shape index (κ2) is 22.3. The lowest BCUT2D eigenvalue weighted by Gasteiger charge is -2.34. The summed E-state index contributed by atoms with van der Waals surface area (Å²) < 4.78 is 46.4. The molecule has 54 heavy (non-hydrogen) atoms. The lowest BCUT2D eigenvalue weighted by atomic mass is 10.0. The molecule has 12 heteroatoms. The first-order valence-electron chi connectivity index (χ1n) is 18.0. The van der Waals surface area contributed by atoms with Gasteiger partial charge in [0.15, 0.2) is 0 Å². The van der Waals surface area contributed by atoms with Gasteiger partial charge < -0.3 is 14.9 Å². The predicted octanol–water partition coefficient (Wildman–Crippen LogP) is 8.17. The predicted molar refractivity (Wildman–Crippen MR) is 201 cm³/mol. The number of carbonyl (C=O) groups excluding carboxylic acids is 1. The number of ether oxygens (including phenoxy) is 1. The summed E-state index contributed by atoms with van der Waals surface area (Å²) in [5.74, 6) is -3.64. The Hall–Kier alpha value is -4.94. The molecular weight excluding hydrogens is 696 g/mol. The Morgan fingerprint density at radius 2 is 1.04 bits per heavy atom. The molecule has 2 N–H and O–H groups in total. The van der Waals surface area contributed by atoms with Gasteiger partial charge in [0.25, 0.3) is 0 Å². The van der Waals surface area contributed by atoms with E-state index in [9.17, 15) is 32.7 Å². The number of carbonyl (C=O) groups is 3. The van der Waals surface area contributed by atoms with Crippen LogP contribution in [-0.2, 0) is 25.5 Å². The number of aliphatic carboxylic acids is 2. The van der Waals surface area contributed by atoms with Crippen molar-refractivity contribution in [3.63, 3.8) is 0 Å². The number of nitrogens with zero attached hydrogens (tertiary/aromatic N) is 2. The van der Waals surface area contributed by atoms with Gasteiger partial charge in [0.05, 0.1) is 6.42 Å². The van der Waals surface area contributed by atoms with Crippen LogP contribution in [0.5, 0.6) is 0 Å². The van der Waals surface area contributed by atoms with Gasteiger partial charge in [0.1, 0.15) is 35.6 Å². The SMILES string of the molecule is C[C@H](OC(=O)C(c1ccccc1F)N1CCCCC1)c1ccccc1.O=C(O)Cc1ccccc1F.O=C(O)[C@@H](c1ccccc1F)N1CCCCC1.[B]. The van der Waals surface area contributed by atoms with Crippen LogP contribution in [0, 0.1) is 17.5 Å². The van der Waals surface area contributed by atoms with Crippen LogP contribution < -0.4 is 0 Å². The van der Waals surface area contributed by atoms with Gasteiger partial charge in [-0.1, -0.05) is 97.8 Å². The number of carboxylic acids is 2. The normalized spacial score (nSPS) is 16.1. The summed E-state index contributed by atoms with van der Waals surface area (Å²) in [6.45, 7) is 4.88. The van der Waals surface area contributed by atoms with E-state index in [1.54, 1.807) is 42.5 Å². The van der Waals surface area contributed by atoms with Crippen LogP contribution in [0.2, 0.25) is 0 Å². The molecule has 2 aliphatic rings. The van der Waals surface area contributed by atoms with E-state index in [1.165, 1.54) is 30.3 Å². The molecule has 285 valence electrons. The average Bonchev–Trinajstić information content (AvgIpc) is 3.16. The highest BCUT2D eigenvalue weighted by molar-refractivity contribution is 5.78. The highest BCUT2D eigenvalue weighted by Gasteiger charge is 2.33. The molecule has 2 heterocycles. The van der Waals surface area contributed by atoms with E-state index in [2.05, 4.69) is 0 Å². The van der Waals surface area contributed by atoms with Gasteiger partial charge in [-0.05, 0) is 88.1 Å². The Morgan fingerprint density at radius 1 is 0.611 bits per heavy atom. The Kier molecular flexibility index (Phi) is 18.0. The van der Waals surface area contributed by atoms with Crippen molar-refractivity contribution in [2.24, 2.45) is 0 Å². The van der Waals surface area contributed by atoms with Crippen molar-refractivity contribution in [3.8, 4) is 0 Å². The maximum atomic E-state index is 14.4. The van der Waals surface area contributed by atoms with Crippen molar-refractivity contribution in [3.05, 3.63) is 143 Å². The number of piperidine rings is 2. The minimum atomic E-state index is -1.02. The molecule has 2 fully saturated rings. The summed E-state index contributed by atoms with van der Waals surface area (Å²) in [4.78, 5) is 38.3. The quantitative estimate of drug-likeness (QED) is 0.124. The molecule has 4 aromatic carbocycles. The number of carboxylic acid groups (broad SMARTS) is 2. The van der Waals surface area contributed by atoms with Gasteiger partial charge in [0, 0.05) is 19.5 Å². The van der Waals surface area contributed by atoms with Gasteiger partial charge in [-0.3, -0.25) is 19.4 Å². The third-order valence-corrected chi connectivity index (χ3v) is 9.23. The Balaban J connectivity index is 0.000000234. The molecule has 1 unspecified atom stereocenters. The Morgan fingerprint density at radius 3 is 1.50 bits per heavy atom. The zero-order valence-corrected chi connectivity index (χ0v) is 30.5. The van der Waals surface area contributed by atoms with E-state index < -0.39 is 35.7 Å². The number of hydrogen-bond acceptors (Lipinski definition) is 6. The van der Waals surface area contributed by atoms with Crippen LogP contribution in [0.1, 0.15) is 85.9 Å². The molecule has 0 amide bonds. The van der Waals surface area contributed by atoms with Gasteiger partial charge in [-0.15, -0.1) is 0 Å². The van der Waals surface area contributed by atoms with Gasteiger partial charge in [-0.2, -0.15) is 0 Å². The van der Waals surface area contributed by atoms with E-state index in [4.69, 9.17) is 9.84 Å². The molecule has 0 spiro atoms. The van der Waals surface area contributed by atoms with Gasteiger partial charge >= 0.3 is 17.9 Å². The summed E-state index contributed by atoms with van der Waals surface area (Å²) in [5, 5.41) is 17.6. The smallest absolute Gasteiger partial charge is 0.328 e. The Bertz CT molecular complexity index is 1770. The summed E-state index contributed by atoms with van der Waals surface area (Å²) in [7, 11) is 0. The first-order chi connectivity index (χ1) is 25.6. The van der Waals surface area contributed by atoms with E-state index in [0.29, 0.717) is 5.56 Å². The lowest BCUT2D eigenvalue weighted by Crippen LogP contribution is -2.39. The largest absolute Gasteiger partial charge is 0.481 e. The molecule has 3 atom stereocenters. The van der Waals surface area contributed by atoms with E-state index in [1.807, 2.05) is 47.1 Å². The topological polar surface area (TPSA) is 107 Å². The molecule has 2 aliphatic heterocycles. The van der Waals surface area contributed by atoms with Crippen molar-refractivity contribution < 1.29 is 42.5 Å². The van der Waals surface area contributed by atoms with Crippen molar-refractivity contribution in [1.82, 2.24) is 9.80 Å². The first kappa shape index (κ1) is 43.5. The highest BCUT2D eigenvalue weighted by atomic mass is 19.1. The number of benzene rings is 4. The van der Waals surface area contributed by atoms with Crippen LogP contribution in [0.15, 0.2) is 103 Å². The van der Waals surface area contributed by atoms with E-state index in [0.717, 1.165) is 70.3 Å². The number of esters is 1. The summed E-state index contributed by atoms with van der Waals surface area (Å²) >= 11 is 0. The third kappa shape index (κ3) is 12.9. The fourth-order valence-corrected chi connectivity index (χ4v) is 6.54. The summed E-state index contributed by atoms with van der Waals surface area (Å²) in [5.41, 5.74) is 1.82. The fraction of sp³-hybridized carbons (Fsp3) is 0.357. The van der Waals surface area contributed by atoms with Gasteiger partial charge in [-0.25, -0.2) is 18.0 Å². The second-order valence-electron chi connectivity index (χ2n) is 13.0. The molecule has 3 radical (unpaired) electrons. The van der Waals surface area contributed by atoms with Crippen LogP contribution in [0.4, 0.5) is 13.2 Å². The van der Waals surface area contributed by atoms with Crippen LogP contribution in [0.25, 0.3) is 0 Å². The molecule has 4 aromatic rings. The standard InChI is InChI=1S/C21H24FNO2.C13H16FNO2.C8H7FO2.B/c1-16(17-10-4-2-5-11-17)25-21(24)20(23-14-8-3-9-15-23)18-12-6-7-13-19(18)22;14-11-7-3-2-6-10(11)12(13(16)17)15-8-4-1-5-9-15;9-7-4-2-1-3-6(7)5-8(10)11;/h2,4-7,10-13,16,20H,3,8-9,14-15H2,1H3;2-3,6-7,12H,1,4-5,8-9H2,(H,16,17);1-4H,5H2,(H,10,11);/t16-,20?;12-;;/m01../s1. The monoisotopic (exact) mass is 743 g/mol. The number of rotatable bonds is 10. The first-order valence-corrected chi connectivity index (χ1v) is 18.0. The van der Waals surface area contributed by atoms with Crippen molar-refractivity contribution in [2.45, 2.75) is 70.1 Å². The molecule has 0 saturated carbocycles. The lowest BCUT2D eigenvalue weighted by molar-refractivity contribution is -0.156. The fourth-order valence-electron chi connectivity index (χ4n) is 6.54. The molecule has 0 aromatic heterocycles.